The number of unbranched alkanes of at least 4 members (excludes halogenated alkanes) is 1. The summed E-state index contributed by atoms with van der Waals surface area (Å²) < 4.78 is 1.30. The molecule has 0 aliphatic carbocycles. The minimum absolute atomic E-state index is 0.0433. The molecule has 5 N–H and O–H groups in total. The number of rotatable bonds is 7. The first-order valence-corrected chi connectivity index (χ1v) is 9.44. The van der Waals surface area contributed by atoms with Gasteiger partial charge in [0.05, 0.1) is 18.6 Å². The Hall–Kier alpha value is -2.46. The van der Waals surface area contributed by atoms with Crippen molar-refractivity contribution in [3.05, 3.63) is 33.1 Å². The lowest BCUT2D eigenvalue weighted by Crippen LogP contribution is -2.58. The SMILES string of the molecule is CC(=O)NCCCC[C@H](N)C(=O)N1CC[C@@H](n2ccc(=O)[nH]c2=O)[C@](C)(O)C1. The standard InChI is InChI=1S/C18H29N5O5/c1-12(24)20-8-4-3-5-13(19)16(26)22-9-6-14(18(2,28)11-22)23-10-7-15(25)21-17(23)27/h7,10,13-14,28H,3-6,8-9,11,19H2,1-2H3,(H,20,24)(H,21,25,27)/t13-,14+,18+/m0/s1. The summed E-state index contributed by atoms with van der Waals surface area (Å²) in [6.07, 6.45) is 3.64. The van der Waals surface area contributed by atoms with E-state index >= 15 is 0 Å². The maximum Gasteiger partial charge on any atom is 0.328 e. The van der Waals surface area contributed by atoms with Crippen molar-refractivity contribution in [2.45, 2.75) is 57.2 Å². The highest BCUT2D eigenvalue weighted by Crippen LogP contribution is 2.30. The first-order chi connectivity index (χ1) is 13.1. The number of piperidine rings is 1. The predicted octanol–water partition coefficient (Wildman–Crippen LogP) is -1.31. The summed E-state index contributed by atoms with van der Waals surface area (Å²) in [5.41, 5.74) is 3.57. The smallest absolute Gasteiger partial charge is 0.328 e. The fraction of sp³-hybridized carbons (Fsp3) is 0.667. The highest BCUT2D eigenvalue weighted by atomic mass is 16.3. The Morgan fingerprint density at radius 1 is 1.43 bits per heavy atom. The highest BCUT2D eigenvalue weighted by molar-refractivity contribution is 5.81. The molecule has 1 aliphatic heterocycles. The number of aromatic amines is 1. The minimum Gasteiger partial charge on any atom is -0.386 e. The number of hydrogen-bond acceptors (Lipinski definition) is 6. The van der Waals surface area contributed by atoms with Gasteiger partial charge in [0.2, 0.25) is 11.8 Å². The van der Waals surface area contributed by atoms with Gasteiger partial charge in [0.15, 0.2) is 0 Å². The van der Waals surface area contributed by atoms with Crippen LogP contribution in [0.15, 0.2) is 21.9 Å². The normalized spacial score (nSPS) is 23.3. The van der Waals surface area contributed by atoms with Crippen LogP contribution in [0.4, 0.5) is 0 Å². The van der Waals surface area contributed by atoms with E-state index in [2.05, 4.69) is 10.3 Å². The van der Waals surface area contributed by atoms with Gasteiger partial charge in [0, 0.05) is 32.3 Å². The topological polar surface area (TPSA) is 151 Å². The van der Waals surface area contributed by atoms with E-state index in [0.29, 0.717) is 32.4 Å². The Bertz CT molecular complexity index is 815. The molecule has 1 fully saturated rings. The molecule has 0 spiro atoms. The summed E-state index contributed by atoms with van der Waals surface area (Å²) in [5, 5.41) is 13.5. The molecule has 3 atom stereocenters. The molecule has 2 heterocycles. The van der Waals surface area contributed by atoms with Gasteiger partial charge < -0.3 is 21.1 Å². The van der Waals surface area contributed by atoms with Crippen molar-refractivity contribution in [1.29, 1.82) is 0 Å². The fourth-order valence-electron chi connectivity index (χ4n) is 3.57. The number of nitrogens with one attached hydrogen (secondary N) is 2. The summed E-state index contributed by atoms with van der Waals surface area (Å²) in [7, 11) is 0. The van der Waals surface area contributed by atoms with Crippen molar-refractivity contribution in [1.82, 2.24) is 19.8 Å². The van der Waals surface area contributed by atoms with E-state index in [1.165, 1.54) is 28.7 Å². The molecule has 1 aliphatic rings. The van der Waals surface area contributed by atoms with E-state index in [9.17, 15) is 24.3 Å². The molecule has 0 aromatic carbocycles. The Morgan fingerprint density at radius 2 is 2.14 bits per heavy atom. The van der Waals surface area contributed by atoms with Gasteiger partial charge in [0.25, 0.3) is 5.56 Å². The zero-order valence-electron chi connectivity index (χ0n) is 16.3. The molecule has 0 unspecified atom stereocenters. The number of aromatic nitrogens is 2. The number of nitrogens with two attached hydrogens (primary N) is 1. The Morgan fingerprint density at radius 3 is 2.75 bits per heavy atom. The molecule has 1 aromatic rings. The van der Waals surface area contributed by atoms with Gasteiger partial charge in [-0.05, 0) is 32.6 Å². The molecule has 0 saturated carbocycles. The van der Waals surface area contributed by atoms with Crippen LogP contribution in [0, 0.1) is 0 Å². The molecule has 1 saturated heterocycles. The van der Waals surface area contributed by atoms with Crippen LogP contribution in [0.1, 0.15) is 45.6 Å². The van der Waals surface area contributed by atoms with Crippen LogP contribution < -0.4 is 22.3 Å². The van der Waals surface area contributed by atoms with E-state index in [1.807, 2.05) is 0 Å². The van der Waals surface area contributed by atoms with Crippen molar-refractivity contribution in [3.63, 3.8) is 0 Å². The van der Waals surface area contributed by atoms with Crippen LogP contribution in [0.25, 0.3) is 0 Å². The average molecular weight is 395 g/mol. The maximum atomic E-state index is 12.6. The van der Waals surface area contributed by atoms with Crippen LogP contribution >= 0.6 is 0 Å². The number of carbonyl (C=O) groups excluding carboxylic acids is 2. The second kappa shape index (κ2) is 9.16. The minimum atomic E-state index is -1.35. The lowest BCUT2D eigenvalue weighted by Gasteiger charge is -2.44. The highest BCUT2D eigenvalue weighted by Gasteiger charge is 2.41. The molecule has 1 aromatic heterocycles. The summed E-state index contributed by atoms with van der Waals surface area (Å²) in [4.78, 5) is 50.4. The van der Waals surface area contributed by atoms with E-state index < -0.39 is 28.9 Å². The number of H-pyrrole nitrogens is 1. The molecule has 156 valence electrons. The average Bonchev–Trinajstić information content (AvgIpc) is 2.60. The Balaban J connectivity index is 1.93. The van der Waals surface area contributed by atoms with E-state index in [-0.39, 0.29) is 18.4 Å². The summed E-state index contributed by atoms with van der Waals surface area (Å²) in [6.45, 7) is 3.95. The van der Waals surface area contributed by atoms with Gasteiger partial charge in [0.1, 0.15) is 5.60 Å². The summed E-state index contributed by atoms with van der Waals surface area (Å²) in [6, 6.07) is -0.0124. The first kappa shape index (κ1) is 21.8. The van der Waals surface area contributed by atoms with Crippen molar-refractivity contribution >= 4 is 11.8 Å². The lowest BCUT2D eigenvalue weighted by molar-refractivity contribution is -0.142. The van der Waals surface area contributed by atoms with Gasteiger partial charge in [-0.15, -0.1) is 0 Å². The molecular weight excluding hydrogens is 366 g/mol. The predicted molar refractivity (Wildman–Crippen MR) is 103 cm³/mol. The molecule has 28 heavy (non-hydrogen) atoms. The van der Waals surface area contributed by atoms with Gasteiger partial charge >= 0.3 is 5.69 Å². The zero-order chi connectivity index (χ0) is 20.9. The molecular formula is C18H29N5O5. The van der Waals surface area contributed by atoms with Crippen molar-refractivity contribution in [3.8, 4) is 0 Å². The van der Waals surface area contributed by atoms with Crippen molar-refractivity contribution < 1.29 is 14.7 Å². The van der Waals surface area contributed by atoms with E-state index in [0.717, 1.165) is 6.42 Å². The number of nitrogens with zero attached hydrogens (tertiary/aromatic N) is 2. The van der Waals surface area contributed by atoms with Crippen LogP contribution in [-0.4, -0.2) is 62.6 Å². The monoisotopic (exact) mass is 395 g/mol. The summed E-state index contributed by atoms with van der Waals surface area (Å²) in [5.74, 6) is -0.334. The van der Waals surface area contributed by atoms with Gasteiger partial charge in [-0.25, -0.2) is 4.79 Å². The fourth-order valence-corrected chi connectivity index (χ4v) is 3.57. The number of aliphatic hydroxyl groups is 1. The molecule has 0 bridgehead atoms. The number of β-amino-alcohol motifs (C(OH)–C–C–N with tert-alkyl or cyclic N) is 1. The largest absolute Gasteiger partial charge is 0.386 e. The summed E-state index contributed by atoms with van der Waals surface area (Å²) >= 11 is 0. The van der Waals surface area contributed by atoms with Gasteiger partial charge in [-0.2, -0.15) is 0 Å². The number of carbonyl (C=O) groups is 2. The van der Waals surface area contributed by atoms with Crippen LogP contribution in [-0.2, 0) is 9.59 Å². The number of likely N-dealkylation sites (tertiary alicyclic amines) is 1. The third kappa shape index (κ3) is 5.52. The first-order valence-electron chi connectivity index (χ1n) is 9.44. The number of hydrogen-bond donors (Lipinski definition) is 4. The van der Waals surface area contributed by atoms with Gasteiger partial charge in [-0.1, -0.05) is 0 Å². The number of amides is 2. The third-order valence-electron chi connectivity index (χ3n) is 5.03. The Kier molecular flexibility index (Phi) is 7.14. The molecule has 2 rings (SSSR count). The van der Waals surface area contributed by atoms with Crippen molar-refractivity contribution in [2.24, 2.45) is 5.73 Å². The quantitative estimate of drug-likeness (QED) is 0.421. The van der Waals surface area contributed by atoms with Crippen LogP contribution in [0.2, 0.25) is 0 Å². The maximum absolute atomic E-state index is 12.6. The second-order valence-corrected chi connectivity index (χ2v) is 7.52. The lowest BCUT2D eigenvalue weighted by atomic mass is 9.88. The second-order valence-electron chi connectivity index (χ2n) is 7.52. The molecule has 10 heteroatoms. The van der Waals surface area contributed by atoms with Crippen LogP contribution in [0.5, 0.6) is 0 Å². The van der Waals surface area contributed by atoms with E-state index in [1.54, 1.807) is 6.92 Å². The third-order valence-corrected chi connectivity index (χ3v) is 5.03. The Labute approximate surface area is 162 Å². The van der Waals surface area contributed by atoms with Crippen LogP contribution in [0.3, 0.4) is 0 Å². The molecule has 0 radical (unpaired) electrons. The van der Waals surface area contributed by atoms with E-state index in [4.69, 9.17) is 5.73 Å². The molecule has 10 nitrogen and oxygen atoms in total. The van der Waals surface area contributed by atoms with Gasteiger partial charge in [-0.3, -0.25) is 23.9 Å². The molecule has 2 amide bonds. The van der Waals surface area contributed by atoms with Crippen molar-refractivity contribution in [2.75, 3.05) is 19.6 Å². The zero-order valence-corrected chi connectivity index (χ0v) is 16.3.